The average molecular weight is 414 g/mol. The number of rotatable bonds is 8. The van der Waals surface area contributed by atoms with Gasteiger partial charge >= 0.3 is 0 Å². The van der Waals surface area contributed by atoms with E-state index < -0.39 is 6.04 Å². The molecule has 0 radical (unpaired) electrons. The Hall–Kier alpha value is -4.13. The molecule has 0 fully saturated rings. The number of nitrogens with one attached hydrogen (secondary N) is 2. The Balaban J connectivity index is 1.36. The molecule has 0 bridgehead atoms. The molecule has 0 aliphatic rings. The number of hydrogen-bond acceptors (Lipinski definition) is 5. The van der Waals surface area contributed by atoms with Crippen LogP contribution < -0.4 is 14.8 Å². The van der Waals surface area contributed by atoms with Crippen molar-refractivity contribution < 1.29 is 14.3 Å². The zero-order chi connectivity index (χ0) is 21.5. The number of aromatic amines is 1. The monoisotopic (exact) mass is 414 g/mol. The summed E-state index contributed by atoms with van der Waals surface area (Å²) < 4.78 is 11.4. The Labute approximate surface area is 180 Å². The van der Waals surface area contributed by atoms with Crippen LogP contribution in [-0.4, -0.2) is 27.7 Å². The van der Waals surface area contributed by atoms with Crippen LogP contribution in [-0.2, 0) is 4.79 Å². The SMILES string of the molecule is Cc1nc(C(NC(=O)COc2ccc(Oc3ccccc3)cc2)c2ccccc2)n[nH]1. The summed E-state index contributed by atoms with van der Waals surface area (Å²) in [7, 11) is 0. The van der Waals surface area contributed by atoms with Crippen LogP contribution in [0.25, 0.3) is 0 Å². The molecule has 31 heavy (non-hydrogen) atoms. The van der Waals surface area contributed by atoms with Gasteiger partial charge in [0.2, 0.25) is 0 Å². The first-order valence-corrected chi connectivity index (χ1v) is 9.86. The topological polar surface area (TPSA) is 89.1 Å². The summed E-state index contributed by atoms with van der Waals surface area (Å²) in [6, 6.07) is 25.7. The van der Waals surface area contributed by atoms with Gasteiger partial charge in [-0.05, 0) is 48.9 Å². The van der Waals surface area contributed by atoms with Gasteiger partial charge in [0.25, 0.3) is 5.91 Å². The van der Waals surface area contributed by atoms with Crippen LogP contribution in [0.5, 0.6) is 17.2 Å². The summed E-state index contributed by atoms with van der Waals surface area (Å²) >= 11 is 0. The van der Waals surface area contributed by atoms with E-state index in [1.54, 1.807) is 24.3 Å². The van der Waals surface area contributed by atoms with Gasteiger partial charge in [-0.3, -0.25) is 9.89 Å². The molecular weight excluding hydrogens is 392 g/mol. The predicted molar refractivity (Wildman–Crippen MR) is 116 cm³/mol. The number of nitrogens with zero attached hydrogens (tertiary/aromatic N) is 2. The molecule has 0 saturated carbocycles. The minimum atomic E-state index is -0.469. The van der Waals surface area contributed by atoms with Crippen molar-refractivity contribution in [2.24, 2.45) is 0 Å². The van der Waals surface area contributed by atoms with E-state index in [9.17, 15) is 4.79 Å². The second-order valence-electron chi connectivity index (χ2n) is 6.87. The largest absolute Gasteiger partial charge is 0.484 e. The third-order valence-electron chi connectivity index (χ3n) is 4.48. The average Bonchev–Trinajstić information content (AvgIpc) is 3.24. The Bertz CT molecular complexity index is 1110. The third kappa shape index (κ3) is 5.48. The van der Waals surface area contributed by atoms with Gasteiger partial charge in [-0.2, -0.15) is 5.10 Å². The second-order valence-corrected chi connectivity index (χ2v) is 6.87. The Morgan fingerprint density at radius 1 is 0.903 bits per heavy atom. The first-order chi connectivity index (χ1) is 15.2. The number of amides is 1. The number of para-hydroxylation sites is 1. The van der Waals surface area contributed by atoms with Crippen molar-refractivity contribution in [3.8, 4) is 17.2 Å². The molecule has 1 heterocycles. The highest BCUT2D eigenvalue weighted by molar-refractivity contribution is 5.78. The van der Waals surface area contributed by atoms with Crippen LogP contribution in [0.4, 0.5) is 0 Å². The molecule has 2 N–H and O–H groups in total. The third-order valence-corrected chi connectivity index (χ3v) is 4.48. The van der Waals surface area contributed by atoms with Crippen molar-refractivity contribution in [2.75, 3.05) is 6.61 Å². The van der Waals surface area contributed by atoms with E-state index in [1.807, 2.05) is 67.6 Å². The number of benzene rings is 3. The van der Waals surface area contributed by atoms with Crippen molar-refractivity contribution in [2.45, 2.75) is 13.0 Å². The van der Waals surface area contributed by atoms with Crippen LogP contribution in [0, 0.1) is 6.92 Å². The van der Waals surface area contributed by atoms with E-state index in [-0.39, 0.29) is 12.5 Å². The van der Waals surface area contributed by atoms with Gasteiger partial charge in [0.05, 0.1) is 0 Å². The lowest BCUT2D eigenvalue weighted by atomic mass is 10.1. The quantitative estimate of drug-likeness (QED) is 0.451. The smallest absolute Gasteiger partial charge is 0.258 e. The maximum atomic E-state index is 12.6. The standard InChI is InChI=1S/C24H22N4O3/c1-17-25-24(28-27-17)23(18-8-4-2-5-9-18)26-22(29)16-30-19-12-14-21(15-13-19)31-20-10-6-3-7-11-20/h2-15,23H,16H2,1H3,(H,26,29)(H,25,27,28). The first kappa shape index (κ1) is 20.2. The van der Waals surface area contributed by atoms with Crippen molar-refractivity contribution >= 4 is 5.91 Å². The minimum Gasteiger partial charge on any atom is -0.484 e. The van der Waals surface area contributed by atoms with E-state index in [0.717, 1.165) is 11.3 Å². The Kier molecular flexibility index (Phi) is 6.23. The summed E-state index contributed by atoms with van der Waals surface area (Å²) in [6.45, 7) is 1.68. The van der Waals surface area contributed by atoms with Gasteiger partial charge in [0.15, 0.2) is 12.4 Å². The van der Waals surface area contributed by atoms with Crippen molar-refractivity contribution in [1.82, 2.24) is 20.5 Å². The normalized spacial score (nSPS) is 11.5. The molecule has 7 nitrogen and oxygen atoms in total. The summed E-state index contributed by atoms with van der Waals surface area (Å²) in [6.07, 6.45) is 0. The van der Waals surface area contributed by atoms with Gasteiger partial charge in [-0.1, -0.05) is 48.5 Å². The molecule has 1 aromatic heterocycles. The highest BCUT2D eigenvalue weighted by Gasteiger charge is 2.21. The van der Waals surface area contributed by atoms with Crippen molar-refractivity contribution in [1.29, 1.82) is 0 Å². The predicted octanol–water partition coefficient (Wildman–Crippen LogP) is 4.19. The van der Waals surface area contributed by atoms with E-state index in [0.29, 0.717) is 23.1 Å². The Morgan fingerprint density at radius 2 is 1.52 bits per heavy atom. The molecule has 4 aromatic rings. The molecule has 4 rings (SSSR count). The molecule has 1 amide bonds. The van der Waals surface area contributed by atoms with E-state index in [1.165, 1.54) is 0 Å². The molecular formula is C24H22N4O3. The van der Waals surface area contributed by atoms with E-state index in [2.05, 4.69) is 20.5 Å². The highest BCUT2D eigenvalue weighted by Crippen LogP contribution is 2.24. The number of carbonyl (C=O) groups excluding carboxylic acids is 1. The number of hydrogen-bond donors (Lipinski definition) is 2. The fourth-order valence-electron chi connectivity index (χ4n) is 3.01. The molecule has 3 aromatic carbocycles. The van der Waals surface area contributed by atoms with Gasteiger partial charge in [-0.15, -0.1) is 0 Å². The summed E-state index contributed by atoms with van der Waals surface area (Å²) in [5.41, 5.74) is 0.886. The van der Waals surface area contributed by atoms with Crippen LogP contribution in [0.1, 0.15) is 23.3 Å². The Morgan fingerprint density at radius 3 is 2.16 bits per heavy atom. The number of aromatic nitrogens is 3. The molecule has 7 heteroatoms. The molecule has 1 atom stereocenters. The molecule has 1 unspecified atom stereocenters. The number of ether oxygens (including phenoxy) is 2. The lowest BCUT2D eigenvalue weighted by Crippen LogP contribution is -2.33. The van der Waals surface area contributed by atoms with Gasteiger partial charge in [0, 0.05) is 0 Å². The zero-order valence-corrected chi connectivity index (χ0v) is 17.0. The maximum Gasteiger partial charge on any atom is 0.258 e. The van der Waals surface area contributed by atoms with E-state index >= 15 is 0 Å². The summed E-state index contributed by atoms with van der Waals surface area (Å²) in [5, 5.41) is 9.96. The van der Waals surface area contributed by atoms with Crippen molar-refractivity contribution in [3.63, 3.8) is 0 Å². The summed E-state index contributed by atoms with van der Waals surface area (Å²) in [5.74, 6) is 2.91. The molecule has 0 aliphatic carbocycles. The number of aryl methyl sites for hydroxylation is 1. The van der Waals surface area contributed by atoms with Crippen molar-refractivity contribution in [3.05, 3.63) is 102 Å². The fourth-order valence-corrected chi connectivity index (χ4v) is 3.01. The maximum absolute atomic E-state index is 12.6. The zero-order valence-electron chi connectivity index (χ0n) is 17.0. The molecule has 0 spiro atoms. The lowest BCUT2D eigenvalue weighted by molar-refractivity contribution is -0.123. The number of carbonyl (C=O) groups is 1. The molecule has 0 saturated heterocycles. The van der Waals surface area contributed by atoms with Crippen LogP contribution in [0.2, 0.25) is 0 Å². The highest BCUT2D eigenvalue weighted by atomic mass is 16.5. The summed E-state index contributed by atoms with van der Waals surface area (Å²) in [4.78, 5) is 16.9. The molecule has 0 aliphatic heterocycles. The second kappa shape index (κ2) is 9.58. The molecule has 156 valence electrons. The van der Waals surface area contributed by atoms with Gasteiger partial charge < -0.3 is 14.8 Å². The fraction of sp³-hybridized carbons (Fsp3) is 0.125. The first-order valence-electron chi connectivity index (χ1n) is 9.86. The van der Waals surface area contributed by atoms with Gasteiger partial charge in [-0.25, -0.2) is 4.98 Å². The van der Waals surface area contributed by atoms with E-state index in [4.69, 9.17) is 9.47 Å². The lowest BCUT2D eigenvalue weighted by Gasteiger charge is -2.16. The van der Waals surface area contributed by atoms with Crippen LogP contribution >= 0.6 is 0 Å². The minimum absolute atomic E-state index is 0.133. The van der Waals surface area contributed by atoms with Gasteiger partial charge in [0.1, 0.15) is 29.1 Å². The van der Waals surface area contributed by atoms with Crippen LogP contribution in [0.3, 0.4) is 0 Å². The van der Waals surface area contributed by atoms with Crippen LogP contribution in [0.15, 0.2) is 84.9 Å². The number of H-pyrrole nitrogens is 1.